The van der Waals surface area contributed by atoms with Crippen LogP contribution in [-0.2, 0) is 4.79 Å². The Morgan fingerprint density at radius 3 is 2.67 bits per heavy atom. The third kappa shape index (κ3) is 2.22. The van der Waals surface area contributed by atoms with Crippen molar-refractivity contribution in [1.82, 2.24) is 0 Å². The summed E-state index contributed by atoms with van der Waals surface area (Å²) in [6, 6.07) is 0. The van der Waals surface area contributed by atoms with E-state index in [9.17, 15) is 4.79 Å². The molecule has 0 spiro atoms. The first kappa shape index (κ1) is 12.2. The third-order valence-corrected chi connectivity index (χ3v) is 3.94. The number of hydrogen-bond acceptors (Lipinski definition) is 1. The first-order valence-corrected chi connectivity index (χ1v) is 5.75. The van der Waals surface area contributed by atoms with Crippen LogP contribution in [0, 0.1) is 17.3 Å². The van der Waals surface area contributed by atoms with Gasteiger partial charge in [-0.25, -0.2) is 0 Å². The zero-order valence-corrected chi connectivity index (χ0v) is 10.3. The van der Waals surface area contributed by atoms with E-state index in [0.717, 1.165) is 18.4 Å². The molecule has 1 nitrogen and oxygen atoms in total. The Bertz CT molecular complexity index is 296. The molecule has 1 heteroatoms. The van der Waals surface area contributed by atoms with Gasteiger partial charge in [-0.1, -0.05) is 39.0 Å². The average molecular weight is 206 g/mol. The number of ketones is 1. The Morgan fingerprint density at radius 1 is 1.53 bits per heavy atom. The molecular weight excluding hydrogens is 184 g/mol. The molecule has 0 saturated heterocycles. The van der Waals surface area contributed by atoms with Gasteiger partial charge in [-0.2, -0.15) is 0 Å². The lowest BCUT2D eigenvalue weighted by molar-refractivity contribution is -0.122. The number of rotatable bonds is 2. The summed E-state index contributed by atoms with van der Waals surface area (Å²) in [6.45, 7) is 12.6. The van der Waals surface area contributed by atoms with Crippen LogP contribution in [0.5, 0.6) is 0 Å². The molecule has 0 unspecified atom stereocenters. The Kier molecular flexibility index (Phi) is 3.54. The lowest BCUT2D eigenvalue weighted by Crippen LogP contribution is -2.40. The van der Waals surface area contributed by atoms with E-state index >= 15 is 0 Å². The van der Waals surface area contributed by atoms with Crippen molar-refractivity contribution in [2.75, 3.05) is 0 Å². The van der Waals surface area contributed by atoms with Crippen LogP contribution in [0.15, 0.2) is 24.3 Å². The van der Waals surface area contributed by atoms with Crippen LogP contribution in [0.25, 0.3) is 0 Å². The molecule has 0 radical (unpaired) electrons. The van der Waals surface area contributed by atoms with Crippen molar-refractivity contribution in [3.8, 4) is 0 Å². The second kappa shape index (κ2) is 4.34. The maximum absolute atomic E-state index is 12.0. The Morgan fingerprint density at radius 2 is 2.13 bits per heavy atom. The fourth-order valence-electron chi connectivity index (χ4n) is 2.56. The van der Waals surface area contributed by atoms with E-state index < -0.39 is 0 Å². The van der Waals surface area contributed by atoms with Gasteiger partial charge in [0.1, 0.15) is 0 Å². The van der Waals surface area contributed by atoms with Gasteiger partial charge in [0.25, 0.3) is 0 Å². The molecule has 1 saturated carbocycles. The summed E-state index contributed by atoms with van der Waals surface area (Å²) < 4.78 is 0. The fraction of sp³-hybridized carbons (Fsp3) is 0.643. The standard InChI is InChI=1S/C14H22O/c1-6-7-12(15)13-10(2)8-9-11(3)14(13,4)5/h6-7,11,13H,2,8-9H2,1,3-5H3/b7-6+/t11-,13+/m0/s1. The molecule has 1 fully saturated rings. The second-order valence-electron chi connectivity index (χ2n) is 5.25. The summed E-state index contributed by atoms with van der Waals surface area (Å²) in [7, 11) is 0. The largest absolute Gasteiger partial charge is 0.294 e. The van der Waals surface area contributed by atoms with Crippen LogP contribution < -0.4 is 0 Å². The number of carbonyl (C=O) groups excluding carboxylic acids is 1. The van der Waals surface area contributed by atoms with Crippen molar-refractivity contribution >= 4 is 5.78 Å². The summed E-state index contributed by atoms with van der Waals surface area (Å²) >= 11 is 0. The van der Waals surface area contributed by atoms with Crippen molar-refractivity contribution in [2.24, 2.45) is 17.3 Å². The molecule has 0 N–H and O–H groups in total. The van der Waals surface area contributed by atoms with Gasteiger partial charge in [-0.15, -0.1) is 0 Å². The highest BCUT2D eigenvalue weighted by Crippen LogP contribution is 2.47. The van der Waals surface area contributed by atoms with E-state index in [-0.39, 0.29) is 17.1 Å². The molecule has 0 amide bonds. The molecule has 1 aliphatic rings. The molecule has 15 heavy (non-hydrogen) atoms. The second-order valence-corrected chi connectivity index (χ2v) is 5.25. The normalized spacial score (nSPS) is 30.8. The topological polar surface area (TPSA) is 17.1 Å². The minimum absolute atomic E-state index is 0.0115. The molecule has 0 aromatic carbocycles. The highest BCUT2D eigenvalue weighted by atomic mass is 16.1. The highest BCUT2D eigenvalue weighted by Gasteiger charge is 2.42. The van der Waals surface area contributed by atoms with Crippen LogP contribution in [0.2, 0.25) is 0 Å². The molecule has 0 bridgehead atoms. The fourth-order valence-corrected chi connectivity index (χ4v) is 2.56. The monoisotopic (exact) mass is 206 g/mol. The van der Waals surface area contributed by atoms with Crippen molar-refractivity contribution in [1.29, 1.82) is 0 Å². The number of carbonyl (C=O) groups is 1. The quantitative estimate of drug-likeness (QED) is 0.496. The lowest BCUT2D eigenvalue weighted by atomic mass is 9.60. The van der Waals surface area contributed by atoms with Gasteiger partial charge in [0.2, 0.25) is 0 Å². The van der Waals surface area contributed by atoms with E-state index in [1.54, 1.807) is 6.08 Å². The summed E-state index contributed by atoms with van der Waals surface area (Å²) in [5, 5.41) is 0. The SMILES string of the molecule is C=C1CC[C@H](C)C(C)(C)[C@H]1C(=O)/C=C/C. The van der Waals surface area contributed by atoms with Gasteiger partial charge in [-0.05, 0) is 37.2 Å². The van der Waals surface area contributed by atoms with Crippen LogP contribution in [0.1, 0.15) is 40.5 Å². The molecule has 0 aliphatic heterocycles. The van der Waals surface area contributed by atoms with E-state index in [1.165, 1.54) is 0 Å². The highest BCUT2D eigenvalue weighted by molar-refractivity contribution is 5.94. The van der Waals surface area contributed by atoms with Crippen molar-refractivity contribution in [3.63, 3.8) is 0 Å². The van der Waals surface area contributed by atoms with Gasteiger partial charge in [0, 0.05) is 5.92 Å². The summed E-state index contributed by atoms with van der Waals surface area (Å²) in [5.41, 5.74) is 1.16. The van der Waals surface area contributed by atoms with E-state index in [1.807, 2.05) is 13.0 Å². The first-order chi connectivity index (χ1) is 6.91. The molecule has 1 rings (SSSR count). The van der Waals surface area contributed by atoms with Crippen molar-refractivity contribution < 1.29 is 4.79 Å². The first-order valence-electron chi connectivity index (χ1n) is 5.75. The number of hydrogen-bond donors (Lipinski definition) is 0. The van der Waals surface area contributed by atoms with Gasteiger partial charge >= 0.3 is 0 Å². The van der Waals surface area contributed by atoms with Crippen LogP contribution in [0.4, 0.5) is 0 Å². The smallest absolute Gasteiger partial charge is 0.162 e. The molecule has 0 aromatic rings. The zero-order chi connectivity index (χ0) is 11.6. The maximum Gasteiger partial charge on any atom is 0.162 e. The van der Waals surface area contributed by atoms with E-state index in [0.29, 0.717) is 5.92 Å². The molecule has 0 aromatic heterocycles. The van der Waals surface area contributed by atoms with Gasteiger partial charge in [0.05, 0.1) is 0 Å². The van der Waals surface area contributed by atoms with Crippen molar-refractivity contribution in [3.05, 3.63) is 24.3 Å². The summed E-state index contributed by atoms with van der Waals surface area (Å²) in [6.07, 6.45) is 5.67. The van der Waals surface area contributed by atoms with Gasteiger partial charge < -0.3 is 0 Å². The minimum Gasteiger partial charge on any atom is -0.294 e. The minimum atomic E-state index is 0.0115. The van der Waals surface area contributed by atoms with Gasteiger partial charge in [-0.3, -0.25) is 4.79 Å². The molecule has 2 atom stereocenters. The zero-order valence-electron chi connectivity index (χ0n) is 10.3. The lowest BCUT2D eigenvalue weighted by Gasteiger charge is -2.43. The van der Waals surface area contributed by atoms with Crippen LogP contribution in [0.3, 0.4) is 0 Å². The number of allylic oxidation sites excluding steroid dienone is 3. The molecule has 0 heterocycles. The van der Waals surface area contributed by atoms with Crippen LogP contribution >= 0.6 is 0 Å². The Hall–Kier alpha value is -0.850. The summed E-state index contributed by atoms with van der Waals surface area (Å²) in [4.78, 5) is 12.0. The maximum atomic E-state index is 12.0. The van der Waals surface area contributed by atoms with Crippen molar-refractivity contribution in [2.45, 2.75) is 40.5 Å². The summed E-state index contributed by atoms with van der Waals surface area (Å²) in [5.74, 6) is 0.818. The predicted molar refractivity (Wildman–Crippen MR) is 64.6 cm³/mol. The van der Waals surface area contributed by atoms with Gasteiger partial charge in [0.15, 0.2) is 5.78 Å². The molecule has 1 aliphatic carbocycles. The Labute approximate surface area is 93.3 Å². The third-order valence-electron chi connectivity index (χ3n) is 3.94. The van der Waals surface area contributed by atoms with Crippen LogP contribution in [-0.4, -0.2) is 5.78 Å². The molecular formula is C14H22O. The Balaban J connectivity index is 3.00. The van der Waals surface area contributed by atoms with E-state index in [4.69, 9.17) is 0 Å². The average Bonchev–Trinajstić information content (AvgIpc) is 2.12. The predicted octanol–water partition coefficient (Wildman–Crippen LogP) is 3.76. The molecule has 84 valence electrons. The van der Waals surface area contributed by atoms with E-state index in [2.05, 4.69) is 27.4 Å².